The minimum atomic E-state index is 0.0226. The summed E-state index contributed by atoms with van der Waals surface area (Å²) in [6.45, 7) is 23.3. The van der Waals surface area contributed by atoms with Crippen LogP contribution in [-0.2, 0) is 0 Å². The first-order chi connectivity index (χ1) is 11.5. The van der Waals surface area contributed by atoms with Crippen LogP contribution in [0.5, 0.6) is 0 Å². The van der Waals surface area contributed by atoms with Crippen molar-refractivity contribution in [1.29, 1.82) is 0 Å². The molecule has 0 aromatic heterocycles. The average Bonchev–Trinajstić information content (AvgIpc) is 2.51. The molecule has 0 amide bonds. The molecule has 4 nitrogen and oxygen atoms in total. The molecule has 25 heavy (non-hydrogen) atoms. The first-order valence-electron chi connectivity index (χ1n) is 9.79. The third-order valence-corrected chi connectivity index (χ3v) is 4.19. The van der Waals surface area contributed by atoms with Crippen LogP contribution in [0, 0.1) is 5.41 Å². The Labute approximate surface area is 157 Å². The number of hydrogen-bond donors (Lipinski definition) is 4. The maximum atomic E-state index is 4.06. The van der Waals surface area contributed by atoms with Gasteiger partial charge in [-0.15, -0.1) is 13.2 Å². The molecular weight excluding hydrogens is 308 g/mol. The van der Waals surface area contributed by atoms with Crippen molar-refractivity contribution >= 4 is 0 Å². The molecule has 0 aliphatic carbocycles. The normalized spacial score (nSPS) is 13.3. The highest BCUT2D eigenvalue weighted by Crippen LogP contribution is 2.33. The van der Waals surface area contributed by atoms with Crippen LogP contribution in [0.25, 0.3) is 0 Å². The van der Waals surface area contributed by atoms with Crippen molar-refractivity contribution in [1.82, 2.24) is 21.7 Å². The lowest BCUT2D eigenvalue weighted by Gasteiger charge is -2.32. The van der Waals surface area contributed by atoms with E-state index in [4.69, 9.17) is 0 Å². The van der Waals surface area contributed by atoms with E-state index >= 15 is 0 Å². The van der Waals surface area contributed by atoms with Gasteiger partial charge in [-0.2, -0.15) is 0 Å². The van der Waals surface area contributed by atoms with Crippen molar-refractivity contribution in [3.8, 4) is 0 Å². The second-order valence-corrected chi connectivity index (χ2v) is 9.23. The van der Waals surface area contributed by atoms with Gasteiger partial charge in [-0.25, -0.2) is 10.9 Å². The van der Waals surface area contributed by atoms with Crippen molar-refractivity contribution in [2.45, 2.75) is 104 Å². The standard InChI is InChI=1S/C21H44N4/c1-10-13-16-21(11-2,12-3)17-14-15-18(22-24-19(4,5)6)23-25-20(7,8)9/h11-12,18,22-25H,2-3,10,13-17H2,1,4-9H3. The van der Waals surface area contributed by atoms with Crippen LogP contribution in [0.3, 0.4) is 0 Å². The molecule has 4 N–H and O–H groups in total. The fraction of sp³-hybridized carbons (Fsp3) is 0.810. The van der Waals surface area contributed by atoms with Crippen molar-refractivity contribution in [2.75, 3.05) is 0 Å². The van der Waals surface area contributed by atoms with Crippen LogP contribution < -0.4 is 21.7 Å². The number of allylic oxidation sites excluding steroid dienone is 2. The summed E-state index contributed by atoms with van der Waals surface area (Å²) in [5, 5.41) is 0. The van der Waals surface area contributed by atoms with Gasteiger partial charge in [0.1, 0.15) is 0 Å². The fourth-order valence-electron chi connectivity index (χ4n) is 2.55. The quantitative estimate of drug-likeness (QED) is 0.218. The van der Waals surface area contributed by atoms with Gasteiger partial charge in [0.15, 0.2) is 0 Å². The highest BCUT2D eigenvalue weighted by molar-refractivity contribution is 5.06. The third-order valence-electron chi connectivity index (χ3n) is 4.19. The molecule has 0 unspecified atom stereocenters. The first-order valence-corrected chi connectivity index (χ1v) is 9.79. The molecule has 148 valence electrons. The van der Waals surface area contributed by atoms with Crippen molar-refractivity contribution in [3.63, 3.8) is 0 Å². The SMILES string of the molecule is C=CC(C=C)(CCCC)CCCC(NNC(C)(C)C)NNC(C)(C)C. The minimum absolute atomic E-state index is 0.0226. The summed E-state index contributed by atoms with van der Waals surface area (Å²) in [6, 6.07) is 0. The van der Waals surface area contributed by atoms with E-state index in [1.807, 2.05) is 0 Å². The lowest BCUT2D eigenvalue weighted by molar-refractivity contribution is 0.222. The summed E-state index contributed by atoms with van der Waals surface area (Å²) >= 11 is 0. The van der Waals surface area contributed by atoms with Crippen LogP contribution in [-0.4, -0.2) is 17.2 Å². The molecule has 0 aliphatic rings. The van der Waals surface area contributed by atoms with E-state index in [0.29, 0.717) is 0 Å². The summed E-state index contributed by atoms with van der Waals surface area (Å²) in [7, 11) is 0. The molecule has 0 spiro atoms. The molecule has 0 aliphatic heterocycles. The van der Waals surface area contributed by atoms with E-state index < -0.39 is 0 Å². The Bertz CT molecular complexity index is 350. The second-order valence-electron chi connectivity index (χ2n) is 9.23. The Morgan fingerprint density at radius 1 is 0.800 bits per heavy atom. The molecule has 0 fully saturated rings. The van der Waals surface area contributed by atoms with Gasteiger partial charge in [-0.05, 0) is 67.2 Å². The predicted molar refractivity (Wildman–Crippen MR) is 112 cm³/mol. The van der Waals surface area contributed by atoms with Gasteiger partial charge in [0.25, 0.3) is 0 Å². The Balaban J connectivity index is 4.65. The number of nitrogens with one attached hydrogen (secondary N) is 4. The average molecular weight is 353 g/mol. The number of hydrazine groups is 2. The first kappa shape index (κ1) is 24.3. The summed E-state index contributed by atoms with van der Waals surface area (Å²) < 4.78 is 0. The predicted octanol–water partition coefficient (Wildman–Crippen LogP) is 4.82. The molecule has 0 heterocycles. The van der Waals surface area contributed by atoms with E-state index in [1.54, 1.807) is 0 Å². The zero-order valence-corrected chi connectivity index (χ0v) is 17.9. The highest BCUT2D eigenvalue weighted by Gasteiger charge is 2.23. The molecule has 0 aromatic rings. The molecule has 0 saturated heterocycles. The second kappa shape index (κ2) is 11.1. The third kappa shape index (κ3) is 12.3. The number of rotatable bonds is 13. The Hall–Kier alpha value is -0.680. The van der Waals surface area contributed by atoms with Crippen LogP contribution in [0.15, 0.2) is 25.3 Å². The van der Waals surface area contributed by atoms with E-state index in [1.165, 1.54) is 12.8 Å². The Morgan fingerprint density at radius 2 is 1.24 bits per heavy atom. The largest absolute Gasteiger partial charge is 0.251 e. The zero-order chi connectivity index (χ0) is 19.6. The molecule has 0 radical (unpaired) electrons. The van der Waals surface area contributed by atoms with Crippen LogP contribution in [0.4, 0.5) is 0 Å². The lowest BCUT2D eigenvalue weighted by Crippen LogP contribution is -2.61. The molecule has 0 bridgehead atoms. The zero-order valence-electron chi connectivity index (χ0n) is 17.9. The maximum Gasteiger partial charge on any atom is 0.0832 e. The van der Waals surface area contributed by atoms with Crippen LogP contribution in [0.1, 0.15) is 87.0 Å². The molecule has 0 rings (SSSR count). The van der Waals surface area contributed by atoms with Gasteiger partial charge in [-0.3, -0.25) is 10.9 Å². The van der Waals surface area contributed by atoms with Crippen LogP contribution >= 0.6 is 0 Å². The van der Waals surface area contributed by atoms with Gasteiger partial charge >= 0.3 is 0 Å². The van der Waals surface area contributed by atoms with E-state index in [9.17, 15) is 0 Å². The Kier molecular flexibility index (Phi) is 10.8. The summed E-state index contributed by atoms with van der Waals surface area (Å²) in [5.41, 5.74) is 13.7. The molecular formula is C21H44N4. The lowest BCUT2D eigenvalue weighted by atomic mass is 9.78. The summed E-state index contributed by atoms with van der Waals surface area (Å²) in [5.74, 6) is 0. The minimum Gasteiger partial charge on any atom is -0.251 e. The topological polar surface area (TPSA) is 48.1 Å². The van der Waals surface area contributed by atoms with Gasteiger partial charge in [0, 0.05) is 16.5 Å². The fourth-order valence-corrected chi connectivity index (χ4v) is 2.55. The van der Waals surface area contributed by atoms with E-state index in [-0.39, 0.29) is 22.7 Å². The summed E-state index contributed by atoms with van der Waals surface area (Å²) in [4.78, 5) is 0. The van der Waals surface area contributed by atoms with Gasteiger partial charge in [-0.1, -0.05) is 31.9 Å². The van der Waals surface area contributed by atoms with E-state index in [2.05, 4.69) is 95.5 Å². The molecule has 0 atom stereocenters. The van der Waals surface area contributed by atoms with Gasteiger partial charge < -0.3 is 0 Å². The molecule has 0 aromatic carbocycles. The number of hydrogen-bond acceptors (Lipinski definition) is 4. The van der Waals surface area contributed by atoms with Crippen molar-refractivity contribution in [3.05, 3.63) is 25.3 Å². The monoisotopic (exact) mass is 352 g/mol. The van der Waals surface area contributed by atoms with Crippen molar-refractivity contribution < 1.29 is 0 Å². The Morgan fingerprint density at radius 3 is 1.60 bits per heavy atom. The van der Waals surface area contributed by atoms with Gasteiger partial charge in [0.05, 0.1) is 6.17 Å². The smallest absolute Gasteiger partial charge is 0.0832 e. The maximum absolute atomic E-state index is 4.06. The molecule has 0 saturated carbocycles. The molecule has 4 heteroatoms. The number of unbranched alkanes of at least 4 members (excludes halogenated alkanes) is 1. The van der Waals surface area contributed by atoms with Gasteiger partial charge in [0.2, 0.25) is 0 Å². The van der Waals surface area contributed by atoms with Crippen molar-refractivity contribution in [2.24, 2.45) is 5.41 Å². The highest BCUT2D eigenvalue weighted by atomic mass is 15.5. The summed E-state index contributed by atoms with van der Waals surface area (Å²) in [6.07, 6.45) is 11.1. The van der Waals surface area contributed by atoms with Crippen LogP contribution in [0.2, 0.25) is 0 Å². The van der Waals surface area contributed by atoms with E-state index in [0.717, 1.165) is 25.7 Å².